The molecule has 1 aliphatic carbocycles. The standard InChI is InChI=1S/C13H15F4NO2.ClH/c14-12(15)13(16,17)20-9-3-1-2-8(6-9)10(18)11(19)7-4-5-7;/h1-3,6-7,10-12,19H,4-5,18H2;1H/t10-,11+;/m1./s1. The third-order valence-electron chi connectivity index (χ3n) is 3.22. The Morgan fingerprint density at radius 3 is 2.43 bits per heavy atom. The summed E-state index contributed by atoms with van der Waals surface area (Å²) in [5.74, 6) is -0.302. The molecule has 2 atom stereocenters. The van der Waals surface area contributed by atoms with Gasteiger partial charge in [0.25, 0.3) is 0 Å². The van der Waals surface area contributed by atoms with Crippen molar-refractivity contribution in [1.29, 1.82) is 0 Å². The van der Waals surface area contributed by atoms with E-state index < -0.39 is 30.4 Å². The molecule has 1 aromatic carbocycles. The summed E-state index contributed by atoms with van der Waals surface area (Å²) >= 11 is 0. The lowest BCUT2D eigenvalue weighted by Crippen LogP contribution is -2.33. The molecule has 3 nitrogen and oxygen atoms in total. The zero-order valence-electron chi connectivity index (χ0n) is 10.9. The molecule has 1 fully saturated rings. The molecule has 0 unspecified atom stereocenters. The highest BCUT2D eigenvalue weighted by atomic mass is 35.5. The summed E-state index contributed by atoms with van der Waals surface area (Å²) in [5.41, 5.74) is 6.20. The highest BCUT2D eigenvalue weighted by molar-refractivity contribution is 5.85. The molecular weight excluding hydrogens is 314 g/mol. The highest BCUT2D eigenvalue weighted by Gasteiger charge is 2.44. The topological polar surface area (TPSA) is 55.5 Å². The summed E-state index contributed by atoms with van der Waals surface area (Å²) in [7, 11) is 0. The summed E-state index contributed by atoms with van der Waals surface area (Å²) < 4.78 is 53.7. The number of ether oxygens (including phenoxy) is 1. The minimum Gasteiger partial charge on any atom is -0.428 e. The van der Waals surface area contributed by atoms with Crippen LogP contribution in [0.15, 0.2) is 24.3 Å². The third kappa shape index (κ3) is 4.46. The van der Waals surface area contributed by atoms with E-state index in [9.17, 15) is 22.7 Å². The van der Waals surface area contributed by atoms with Gasteiger partial charge in [0.15, 0.2) is 0 Å². The molecule has 0 aliphatic heterocycles. The molecule has 0 bridgehead atoms. The average Bonchev–Trinajstić information content (AvgIpc) is 3.21. The Bertz CT molecular complexity index is 471. The van der Waals surface area contributed by atoms with Crippen molar-refractivity contribution in [2.24, 2.45) is 11.7 Å². The van der Waals surface area contributed by atoms with E-state index in [1.807, 2.05) is 0 Å². The van der Waals surface area contributed by atoms with Crippen molar-refractivity contribution in [3.63, 3.8) is 0 Å². The second-order valence-corrected chi connectivity index (χ2v) is 4.89. The van der Waals surface area contributed by atoms with Crippen LogP contribution in [0.25, 0.3) is 0 Å². The van der Waals surface area contributed by atoms with Crippen LogP contribution >= 0.6 is 12.4 Å². The van der Waals surface area contributed by atoms with Gasteiger partial charge in [-0.2, -0.15) is 17.6 Å². The molecule has 1 aliphatic rings. The fraction of sp³-hybridized carbons (Fsp3) is 0.538. The van der Waals surface area contributed by atoms with Gasteiger partial charge in [-0.25, -0.2) is 0 Å². The largest absolute Gasteiger partial charge is 0.461 e. The van der Waals surface area contributed by atoms with Crippen LogP contribution in [0.3, 0.4) is 0 Å². The monoisotopic (exact) mass is 329 g/mol. The number of aliphatic hydroxyl groups excluding tert-OH is 1. The number of hydrogen-bond donors (Lipinski definition) is 2. The zero-order chi connectivity index (χ0) is 14.9. The van der Waals surface area contributed by atoms with Gasteiger partial charge in [-0.05, 0) is 36.5 Å². The van der Waals surface area contributed by atoms with Gasteiger partial charge in [-0.1, -0.05) is 12.1 Å². The first-order chi connectivity index (χ1) is 9.31. The predicted molar refractivity (Wildman–Crippen MR) is 70.9 cm³/mol. The Labute approximate surface area is 125 Å². The summed E-state index contributed by atoms with van der Waals surface area (Å²) in [6, 6.07) is 4.42. The van der Waals surface area contributed by atoms with Crippen LogP contribution in [0.5, 0.6) is 5.75 Å². The molecule has 0 spiro atoms. The van der Waals surface area contributed by atoms with Gasteiger partial charge in [-0.3, -0.25) is 0 Å². The van der Waals surface area contributed by atoms with Crippen LogP contribution < -0.4 is 10.5 Å². The predicted octanol–water partition coefficient (Wildman–Crippen LogP) is 3.12. The molecule has 1 saturated carbocycles. The fourth-order valence-corrected chi connectivity index (χ4v) is 1.92. The van der Waals surface area contributed by atoms with Gasteiger partial charge in [0.05, 0.1) is 12.1 Å². The maximum atomic E-state index is 12.8. The van der Waals surface area contributed by atoms with Crippen LogP contribution in [0.1, 0.15) is 24.4 Å². The maximum Gasteiger partial charge on any atom is 0.461 e. The first-order valence-corrected chi connectivity index (χ1v) is 6.20. The second kappa shape index (κ2) is 6.81. The fourth-order valence-electron chi connectivity index (χ4n) is 1.92. The second-order valence-electron chi connectivity index (χ2n) is 4.89. The smallest absolute Gasteiger partial charge is 0.428 e. The summed E-state index contributed by atoms with van der Waals surface area (Å²) in [6.07, 6.45) is -7.52. The molecule has 0 amide bonds. The first-order valence-electron chi connectivity index (χ1n) is 6.20. The van der Waals surface area contributed by atoms with Crippen LogP contribution in [-0.2, 0) is 0 Å². The van der Waals surface area contributed by atoms with Crippen molar-refractivity contribution in [2.75, 3.05) is 0 Å². The third-order valence-corrected chi connectivity index (χ3v) is 3.22. The van der Waals surface area contributed by atoms with Gasteiger partial charge in [0.1, 0.15) is 5.75 Å². The van der Waals surface area contributed by atoms with Gasteiger partial charge in [-0.15, -0.1) is 12.4 Å². The maximum absolute atomic E-state index is 12.8. The minimum atomic E-state index is -4.56. The Balaban J connectivity index is 0.00000220. The number of alkyl halides is 4. The molecule has 3 N–H and O–H groups in total. The number of halogens is 5. The number of aliphatic hydroxyl groups is 1. The van der Waals surface area contributed by atoms with Crippen molar-refractivity contribution in [3.05, 3.63) is 29.8 Å². The van der Waals surface area contributed by atoms with E-state index in [4.69, 9.17) is 5.73 Å². The van der Waals surface area contributed by atoms with Gasteiger partial charge < -0.3 is 15.6 Å². The van der Waals surface area contributed by atoms with E-state index in [2.05, 4.69) is 4.74 Å². The summed E-state index contributed by atoms with van der Waals surface area (Å²) in [5, 5.41) is 9.89. The van der Waals surface area contributed by atoms with E-state index in [-0.39, 0.29) is 18.3 Å². The van der Waals surface area contributed by atoms with E-state index in [1.165, 1.54) is 12.1 Å². The summed E-state index contributed by atoms with van der Waals surface area (Å²) in [6.45, 7) is 0. The molecule has 0 aromatic heterocycles. The van der Waals surface area contributed by atoms with Gasteiger partial charge in [0.2, 0.25) is 0 Å². The Kier molecular flexibility index (Phi) is 5.83. The van der Waals surface area contributed by atoms with Crippen LogP contribution in [0.2, 0.25) is 0 Å². The number of benzene rings is 1. The molecule has 0 radical (unpaired) electrons. The minimum absolute atomic E-state index is 0. The van der Waals surface area contributed by atoms with E-state index in [1.54, 1.807) is 0 Å². The molecule has 0 saturated heterocycles. The summed E-state index contributed by atoms with van der Waals surface area (Å²) in [4.78, 5) is 0. The number of rotatable bonds is 6. The molecule has 8 heteroatoms. The molecule has 1 aromatic rings. The van der Waals surface area contributed by atoms with Gasteiger partial charge >= 0.3 is 12.5 Å². The molecule has 21 heavy (non-hydrogen) atoms. The van der Waals surface area contributed by atoms with Gasteiger partial charge in [0, 0.05) is 0 Å². The Hall–Kier alpha value is -1.05. The van der Waals surface area contributed by atoms with Crippen molar-refractivity contribution < 1.29 is 27.4 Å². The van der Waals surface area contributed by atoms with Crippen LogP contribution in [-0.4, -0.2) is 23.7 Å². The van der Waals surface area contributed by atoms with E-state index in [0.29, 0.717) is 5.56 Å². The molecule has 120 valence electrons. The average molecular weight is 330 g/mol. The zero-order valence-corrected chi connectivity index (χ0v) is 11.7. The quantitative estimate of drug-likeness (QED) is 0.788. The van der Waals surface area contributed by atoms with Crippen molar-refractivity contribution >= 4 is 12.4 Å². The lowest BCUT2D eigenvalue weighted by atomic mass is 9.99. The van der Waals surface area contributed by atoms with Crippen LogP contribution in [0.4, 0.5) is 17.6 Å². The van der Waals surface area contributed by atoms with Crippen molar-refractivity contribution in [2.45, 2.75) is 37.5 Å². The number of hydrogen-bond acceptors (Lipinski definition) is 3. The number of nitrogens with two attached hydrogens (primary N) is 1. The van der Waals surface area contributed by atoms with Crippen molar-refractivity contribution in [3.8, 4) is 5.75 Å². The lowest BCUT2D eigenvalue weighted by Gasteiger charge is -2.21. The van der Waals surface area contributed by atoms with Crippen LogP contribution in [0, 0.1) is 5.92 Å². The molecular formula is C13H16ClF4NO2. The van der Waals surface area contributed by atoms with Crippen molar-refractivity contribution in [1.82, 2.24) is 0 Å². The molecule has 2 rings (SSSR count). The Morgan fingerprint density at radius 2 is 1.90 bits per heavy atom. The normalized spacial score (nSPS) is 18.0. The lowest BCUT2D eigenvalue weighted by molar-refractivity contribution is -0.253. The highest BCUT2D eigenvalue weighted by Crippen LogP contribution is 2.38. The Morgan fingerprint density at radius 1 is 1.29 bits per heavy atom. The first kappa shape index (κ1) is 18.0. The van der Waals surface area contributed by atoms with E-state index in [0.717, 1.165) is 25.0 Å². The SMILES string of the molecule is Cl.N[C@H](c1cccc(OC(F)(F)C(F)F)c1)[C@@H](O)C1CC1. The molecule has 0 heterocycles. The van der Waals surface area contributed by atoms with E-state index >= 15 is 0 Å².